The average molecular weight is 183 g/mol. The van der Waals surface area contributed by atoms with Gasteiger partial charge in [0.2, 0.25) is 0 Å². The van der Waals surface area contributed by atoms with Crippen LogP contribution in [0, 0.1) is 5.92 Å². The lowest BCUT2D eigenvalue weighted by molar-refractivity contribution is 0.102. The minimum atomic E-state index is 0.139. The van der Waals surface area contributed by atoms with Gasteiger partial charge >= 0.3 is 0 Å². The fraction of sp³-hybridized carbons (Fsp3) is 0.800. The summed E-state index contributed by atoms with van der Waals surface area (Å²) in [7, 11) is 0. The Bertz CT molecular complexity index is 215. The Kier molecular flexibility index (Phi) is 2.56. The topological polar surface area (TPSA) is 44.5 Å². The van der Waals surface area contributed by atoms with Crippen LogP contribution in [0.15, 0.2) is 11.8 Å². The largest absolute Gasteiger partial charge is 0.501 e. The van der Waals surface area contributed by atoms with Crippen molar-refractivity contribution in [3.05, 3.63) is 11.8 Å². The molecule has 3 nitrogen and oxygen atoms in total. The summed E-state index contributed by atoms with van der Waals surface area (Å²) >= 11 is 0. The highest BCUT2D eigenvalue weighted by Crippen LogP contribution is 2.28. The van der Waals surface area contributed by atoms with Crippen LogP contribution in [0.4, 0.5) is 0 Å². The molecule has 0 aromatic rings. The van der Waals surface area contributed by atoms with Crippen LogP contribution in [0.1, 0.15) is 19.8 Å². The van der Waals surface area contributed by atoms with E-state index in [1.807, 2.05) is 6.26 Å². The molecular formula is C10H17NO2. The fourth-order valence-corrected chi connectivity index (χ4v) is 2.14. The van der Waals surface area contributed by atoms with Gasteiger partial charge in [-0.3, -0.25) is 0 Å². The van der Waals surface area contributed by atoms with Crippen molar-refractivity contribution in [1.82, 2.24) is 0 Å². The van der Waals surface area contributed by atoms with E-state index in [1.54, 1.807) is 0 Å². The summed E-state index contributed by atoms with van der Waals surface area (Å²) in [6, 6.07) is 0.139. The summed E-state index contributed by atoms with van der Waals surface area (Å²) in [5.74, 6) is 0.480. The second-order valence-electron chi connectivity index (χ2n) is 3.87. The molecule has 0 saturated carbocycles. The molecule has 2 N–H and O–H groups in total. The van der Waals surface area contributed by atoms with E-state index >= 15 is 0 Å². The van der Waals surface area contributed by atoms with Crippen LogP contribution in [0.2, 0.25) is 0 Å². The highest BCUT2D eigenvalue weighted by atomic mass is 16.5. The van der Waals surface area contributed by atoms with Gasteiger partial charge in [0, 0.05) is 25.0 Å². The molecular weight excluding hydrogens is 166 g/mol. The van der Waals surface area contributed by atoms with E-state index in [9.17, 15) is 0 Å². The lowest BCUT2D eigenvalue weighted by Gasteiger charge is -2.22. The van der Waals surface area contributed by atoms with Gasteiger partial charge in [0.1, 0.15) is 0 Å². The number of hydrogen-bond acceptors (Lipinski definition) is 3. The molecule has 0 amide bonds. The van der Waals surface area contributed by atoms with Gasteiger partial charge in [-0.05, 0) is 18.9 Å². The van der Waals surface area contributed by atoms with E-state index in [0.29, 0.717) is 12.0 Å². The minimum absolute atomic E-state index is 0.139. The van der Waals surface area contributed by atoms with Crippen LogP contribution in [0.3, 0.4) is 0 Å². The lowest BCUT2D eigenvalue weighted by atomic mass is 9.88. The third-order valence-corrected chi connectivity index (χ3v) is 3.07. The van der Waals surface area contributed by atoms with Crippen LogP contribution < -0.4 is 5.73 Å². The maximum Gasteiger partial charge on any atom is 0.0912 e. The predicted molar refractivity (Wildman–Crippen MR) is 50.1 cm³/mol. The quantitative estimate of drug-likeness (QED) is 0.695. The molecule has 1 saturated heterocycles. The summed E-state index contributed by atoms with van der Waals surface area (Å²) in [6.45, 7) is 3.76. The number of nitrogens with two attached hydrogens (primary N) is 1. The Morgan fingerprint density at radius 1 is 1.54 bits per heavy atom. The van der Waals surface area contributed by atoms with Crippen molar-refractivity contribution in [2.24, 2.45) is 11.7 Å². The standard InChI is InChI=1S/C10H17NO2/c1-7-9(3-5-13-7)10(11)8-2-4-12-6-8/h6-7,9-10H,2-5,11H2,1H3. The van der Waals surface area contributed by atoms with Crippen molar-refractivity contribution in [2.45, 2.75) is 31.9 Å². The number of rotatable bonds is 2. The van der Waals surface area contributed by atoms with Crippen molar-refractivity contribution in [1.29, 1.82) is 0 Å². The van der Waals surface area contributed by atoms with Crippen LogP contribution in [0.5, 0.6) is 0 Å². The van der Waals surface area contributed by atoms with E-state index in [2.05, 4.69) is 6.92 Å². The molecule has 13 heavy (non-hydrogen) atoms. The molecule has 2 rings (SSSR count). The maximum atomic E-state index is 6.15. The summed E-state index contributed by atoms with van der Waals surface area (Å²) in [6.07, 6.45) is 4.20. The van der Waals surface area contributed by atoms with Crippen molar-refractivity contribution in [2.75, 3.05) is 13.2 Å². The normalized spacial score (nSPS) is 35.7. The van der Waals surface area contributed by atoms with Gasteiger partial charge in [0.05, 0.1) is 19.0 Å². The van der Waals surface area contributed by atoms with Crippen molar-refractivity contribution < 1.29 is 9.47 Å². The van der Waals surface area contributed by atoms with Crippen LogP contribution >= 0.6 is 0 Å². The second-order valence-corrected chi connectivity index (χ2v) is 3.87. The first-order valence-electron chi connectivity index (χ1n) is 4.97. The lowest BCUT2D eigenvalue weighted by Crippen LogP contribution is -2.35. The maximum absolute atomic E-state index is 6.15. The number of ether oxygens (including phenoxy) is 2. The van der Waals surface area contributed by atoms with E-state index in [-0.39, 0.29) is 6.04 Å². The van der Waals surface area contributed by atoms with Gasteiger partial charge in [-0.15, -0.1) is 0 Å². The average Bonchev–Trinajstić information content (AvgIpc) is 2.72. The highest BCUT2D eigenvalue weighted by Gasteiger charge is 2.32. The molecule has 0 aromatic heterocycles. The van der Waals surface area contributed by atoms with Gasteiger partial charge < -0.3 is 15.2 Å². The Morgan fingerprint density at radius 3 is 2.92 bits per heavy atom. The number of hydrogen-bond donors (Lipinski definition) is 1. The van der Waals surface area contributed by atoms with Gasteiger partial charge in [-0.2, -0.15) is 0 Å². The molecule has 2 heterocycles. The zero-order chi connectivity index (χ0) is 9.26. The third-order valence-electron chi connectivity index (χ3n) is 3.07. The molecule has 0 bridgehead atoms. The first-order chi connectivity index (χ1) is 6.29. The van der Waals surface area contributed by atoms with Gasteiger partial charge in [0.25, 0.3) is 0 Å². The van der Waals surface area contributed by atoms with Crippen molar-refractivity contribution in [3.8, 4) is 0 Å². The molecule has 0 spiro atoms. The van der Waals surface area contributed by atoms with Gasteiger partial charge in [-0.25, -0.2) is 0 Å². The molecule has 1 fully saturated rings. The Morgan fingerprint density at radius 2 is 2.38 bits per heavy atom. The Labute approximate surface area is 78.9 Å². The molecule has 0 aromatic carbocycles. The molecule has 3 heteroatoms. The molecule has 3 unspecified atom stereocenters. The summed E-state index contributed by atoms with van der Waals surface area (Å²) < 4.78 is 10.7. The zero-order valence-electron chi connectivity index (χ0n) is 8.03. The van der Waals surface area contributed by atoms with Crippen molar-refractivity contribution >= 4 is 0 Å². The van der Waals surface area contributed by atoms with Crippen LogP contribution in [-0.4, -0.2) is 25.4 Å². The molecule has 2 aliphatic heterocycles. The summed E-state index contributed by atoms with van der Waals surface area (Å²) in [5.41, 5.74) is 7.40. The molecule has 2 aliphatic rings. The molecule has 0 radical (unpaired) electrons. The zero-order valence-corrected chi connectivity index (χ0v) is 8.03. The monoisotopic (exact) mass is 183 g/mol. The molecule has 74 valence electrons. The first-order valence-corrected chi connectivity index (χ1v) is 4.97. The summed E-state index contributed by atoms with van der Waals surface area (Å²) in [5, 5.41) is 0. The molecule has 3 atom stereocenters. The van der Waals surface area contributed by atoms with Crippen LogP contribution in [0.25, 0.3) is 0 Å². The Hall–Kier alpha value is -0.540. The highest BCUT2D eigenvalue weighted by molar-refractivity contribution is 5.13. The summed E-state index contributed by atoms with van der Waals surface area (Å²) in [4.78, 5) is 0. The minimum Gasteiger partial charge on any atom is -0.501 e. The smallest absolute Gasteiger partial charge is 0.0912 e. The Balaban J connectivity index is 1.99. The predicted octanol–water partition coefficient (Wildman–Crippen LogP) is 1.04. The van der Waals surface area contributed by atoms with E-state index in [4.69, 9.17) is 15.2 Å². The van der Waals surface area contributed by atoms with E-state index in [1.165, 1.54) is 5.57 Å². The SMILES string of the molecule is CC1OCCC1C(N)C1=COCC1. The molecule has 0 aliphatic carbocycles. The fourth-order valence-electron chi connectivity index (χ4n) is 2.14. The van der Waals surface area contributed by atoms with E-state index < -0.39 is 0 Å². The van der Waals surface area contributed by atoms with Crippen LogP contribution in [-0.2, 0) is 9.47 Å². The van der Waals surface area contributed by atoms with E-state index in [0.717, 1.165) is 26.1 Å². The van der Waals surface area contributed by atoms with Crippen molar-refractivity contribution in [3.63, 3.8) is 0 Å². The third kappa shape index (κ3) is 1.71. The van der Waals surface area contributed by atoms with Gasteiger partial charge in [-0.1, -0.05) is 0 Å². The van der Waals surface area contributed by atoms with Gasteiger partial charge in [0.15, 0.2) is 0 Å². The first kappa shape index (κ1) is 9.03. The second kappa shape index (κ2) is 3.68.